The van der Waals surface area contributed by atoms with E-state index in [1.807, 2.05) is 19.1 Å². The van der Waals surface area contributed by atoms with Gasteiger partial charge in [0.1, 0.15) is 0 Å². The minimum atomic E-state index is -0.0243. The molecule has 3 heteroatoms. The molecular weight excluding hydrogens is 236 g/mol. The third-order valence-corrected chi connectivity index (χ3v) is 3.01. The van der Waals surface area contributed by atoms with E-state index in [9.17, 15) is 5.11 Å². The predicted molar refractivity (Wildman–Crippen MR) is 82.0 cm³/mol. The third-order valence-electron chi connectivity index (χ3n) is 3.01. The number of aliphatic hydroxyl groups excluding tert-OH is 1. The first kappa shape index (κ1) is 15.3. The number of aliphatic hydroxyl groups is 1. The molecule has 1 rings (SSSR count). The molecule has 0 aliphatic heterocycles. The Balaban J connectivity index is 3.08. The van der Waals surface area contributed by atoms with E-state index >= 15 is 0 Å². The quantitative estimate of drug-likeness (QED) is 0.592. The Morgan fingerprint density at radius 3 is 2.63 bits per heavy atom. The molecule has 104 valence electrons. The highest BCUT2D eigenvalue weighted by atomic mass is 16.3. The molecule has 0 bridgehead atoms. The predicted octanol–water partition coefficient (Wildman–Crippen LogP) is 4.01. The maximum atomic E-state index is 10.2. The van der Waals surface area contributed by atoms with Crippen LogP contribution in [0.15, 0.2) is 52.0 Å². The molecule has 0 heterocycles. The fourth-order valence-electron chi connectivity index (χ4n) is 1.67. The van der Waals surface area contributed by atoms with Crippen molar-refractivity contribution in [3.05, 3.63) is 47.0 Å². The molecule has 0 saturated heterocycles. The summed E-state index contributed by atoms with van der Waals surface area (Å²) in [6.45, 7) is 8.25. The van der Waals surface area contributed by atoms with Gasteiger partial charge in [0, 0.05) is 17.2 Å². The van der Waals surface area contributed by atoms with E-state index in [1.165, 1.54) is 0 Å². The van der Waals surface area contributed by atoms with Gasteiger partial charge in [-0.25, -0.2) is 4.99 Å². The van der Waals surface area contributed by atoms with Crippen LogP contribution in [0, 0.1) is 5.41 Å². The van der Waals surface area contributed by atoms with Crippen LogP contribution in [0.5, 0.6) is 0 Å². The molecule has 19 heavy (non-hydrogen) atoms. The Kier molecular flexibility index (Phi) is 5.16. The number of aliphatic imine (C=N–C) groups is 1. The Morgan fingerprint density at radius 1 is 1.37 bits per heavy atom. The van der Waals surface area contributed by atoms with Crippen molar-refractivity contribution in [1.29, 1.82) is 0 Å². The van der Waals surface area contributed by atoms with Gasteiger partial charge in [0.2, 0.25) is 0 Å². The van der Waals surface area contributed by atoms with Crippen molar-refractivity contribution >= 4 is 6.21 Å². The highest BCUT2D eigenvalue weighted by molar-refractivity contribution is 5.59. The summed E-state index contributed by atoms with van der Waals surface area (Å²) in [6, 6.07) is 0. The second-order valence-corrected chi connectivity index (χ2v) is 5.42. The van der Waals surface area contributed by atoms with Crippen molar-refractivity contribution in [3.8, 4) is 0 Å². The summed E-state index contributed by atoms with van der Waals surface area (Å²) in [6.07, 6.45) is 11.7. The number of unbranched alkanes of at least 4 members (excludes halogenated alkanes) is 1. The molecule has 0 amide bonds. The van der Waals surface area contributed by atoms with Gasteiger partial charge in [-0.15, -0.1) is 0 Å². The largest absolute Gasteiger partial charge is 0.504 e. The normalized spacial score (nSPS) is 19.8. The van der Waals surface area contributed by atoms with Gasteiger partial charge in [-0.3, -0.25) is 0 Å². The van der Waals surface area contributed by atoms with E-state index < -0.39 is 0 Å². The minimum absolute atomic E-state index is 0.0243. The molecule has 0 spiro atoms. The number of hydrogen-bond donors (Lipinski definition) is 2. The first-order valence-corrected chi connectivity index (χ1v) is 6.68. The van der Waals surface area contributed by atoms with E-state index in [0.717, 1.165) is 24.0 Å². The lowest BCUT2D eigenvalue weighted by atomic mass is 9.93. The molecule has 0 unspecified atom stereocenters. The van der Waals surface area contributed by atoms with Crippen LogP contribution < -0.4 is 5.73 Å². The van der Waals surface area contributed by atoms with Crippen molar-refractivity contribution in [2.75, 3.05) is 0 Å². The van der Waals surface area contributed by atoms with Crippen molar-refractivity contribution in [1.82, 2.24) is 0 Å². The van der Waals surface area contributed by atoms with Crippen molar-refractivity contribution in [2.24, 2.45) is 16.1 Å². The van der Waals surface area contributed by atoms with Crippen LogP contribution >= 0.6 is 0 Å². The van der Waals surface area contributed by atoms with Gasteiger partial charge in [-0.05, 0) is 18.9 Å². The molecule has 0 atom stereocenters. The summed E-state index contributed by atoms with van der Waals surface area (Å²) in [5.74, 6) is 0.212. The maximum Gasteiger partial charge on any atom is 0.166 e. The Labute approximate surface area is 115 Å². The molecule has 0 saturated carbocycles. The van der Waals surface area contributed by atoms with E-state index in [-0.39, 0.29) is 17.0 Å². The Morgan fingerprint density at radius 2 is 2.00 bits per heavy atom. The molecule has 0 radical (unpaired) electrons. The number of rotatable bonds is 4. The van der Waals surface area contributed by atoms with Gasteiger partial charge in [0.15, 0.2) is 11.6 Å². The minimum Gasteiger partial charge on any atom is -0.504 e. The highest BCUT2D eigenvalue weighted by Gasteiger charge is 2.15. The van der Waals surface area contributed by atoms with Gasteiger partial charge in [0.05, 0.1) is 0 Å². The maximum absolute atomic E-state index is 10.2. The first-order valence-electron chi connectivity index (χ1n) is 6.68. The topological polar surface area (TPSA) is 58.6 Å². The zero-order valence-corrected chi connectivity index (χ0v) is 12.3. The van der Waals surface area contributed by atoms with Crippen LogP contribution in [0.3, 0.4) is 0 Å². The first-order chi connectivity index (χ1) is 8.87. The van der Waals surface area contributed by atoms with E-state index in [0.29, 0.717) is 0 Å². The fourth-order valence-corrected chi connectivity index (χ4v) is 1.67. The Hall–Kier alpha value is -1.77. The smallest absolute Gasteiger partial charge is 0.166 e. The molecule has 3 nitrogen and oxygen atoms in total. The number of hydrogen-bond acceptors (Lipinski definition) is 3. The number of allylic oxidation sites excluding steroid dienone is 5. The molecule has 3 N–H and O–H groups in total. The summed E-state index contributed by atoms with van der Waals surface area (Å²) in [5.41, 5.74) is 7.49. The zero-order valence-electron chi connectivity index (χ0n) is 12.3. The van der Waals surface area contributed by atoms with Crippen LogP contribution in [0.1, 0.15) is 40.5 Å². The summed E-state index contributed by atoms with van der Waals surface area (Å²) < 4.78 is 0. The molecule has 0 aromatic heterocycles. The Bertz CT molecular complexity index is 477. The average Bonchev–Trinajstić information content (AvgIpc) is 2.48. The number of nitrogens with zero attached hydrogens (tertiary/aromatic N) is 1. The fraction of sp³-hybridized carbons (Fsp3) is 0.438. The zero-order chi connectivity index (χ0) is 14.5. The average molecular weight is 260 g/mol. The summed E-state index contributed by atoms with van der Waals surface area (Å²) in [5, 5.41) is 10.2. The number of nitrogens with two attached hydrogens (primary N) is 1. The van der Waals surface area contributed by atoms with Crippen LogP contribution in [-0.2, 0) is 0 Å². The van der Waals surface area contributed by atoms with Crippen LogP contribution in [0.4, 0.5) is 0 Å². The van der Waals surface area contributed by atoms with Gasteiger partial charge >= 0.3 is 0 Å². The van der Waals surface area contributed by atoms with Gasteiger partial charge < -0.3 is 10.8 Å². The second kappa shape index (κ2) is 6.41. The lowest BCUT2D eigenvalue weighted by Gasteiger charge is -2.12. The van der Waals surface area contributed by atoms with Crippen molar-refractivity contribution in [2.45, 2.75) is 40.5 Å². The molecule has 1 aliphatic rings. The van der Waals surface area contributed by atoms with Crippen molar-refractivity contribution in [3.63, 3.8) is 0 Å². The second-order valence-electron chi connectivity index (χ2n) is 5.42. The summed E-state index contributed by atoms with van der Waals surface area (Å²) in [7, 11) is 0. The summed E-state index contributed by atoms with van der Waals surface area (Å²) >= 11 is 0. The molecule has 1 aliphatic carbocycles. The van der Waals surface area contributed by atoms with Crippen molar-refractivity contribution < 1.29 is 5.11 Å². The molecular formula is C16H24N2O. The van der Waals surface area contributed by atoms with Gasteiger partial charge in [-0.2, -0.15) is 0 Å². The molecule has 0 aromatic carbocycles. The molecule has 0 fully saturated rings. The summed E-state index contributed by atoms with van der Waals surface area (Å²) in [4.78, 5) is 4.08. The lowest BCUT2D eigenvalue weighted by Crippen LogP contribution is -2.03. The SMILES string of the molecule is CCCC=N/C(N)=C(/O)C1=C(C)C=CC(C)(C)C=C1. The monoisotopic (exact) mass is 260 g/mol. The van der Waals surface area contributed by atoms with E-state index in [4.69, 9.17) is 5.73 Å². The van der Waals surface area contributed by atoms with Crippen LogP contribution in [0.25, 0.3) is 0 Å². The standard InChI is InChI=1S/C16H24N2O/c1-5-6-11-18-15(17)14(19)13-8-10-16(3,4)9-7-12(13)2/h7-11,19H,5-6,17H2,1-4H3/b15-14+,18-11?. The van der Waals surface area contributed by atoms with Crippen LogP contribution in [-0.4, -0.2) is 11.3 Å². The van der Waals surface area contributed by atoms with Crippen LogP contribution in [0.2, 0.25) is 0 Å². The van der Waals surface area contributed by atoms with E-state index in [2.05, 4.69) is 37.9 Å². The van der Waals surface area contributed by atoms with Gasteiger partial charge in [0.25, 0.3) is 0 Å². The molecule has 0 aromatic rings. The van der Waals surface area contributed by atoms with Gasteiger partial charge in [-0.1, -0.05) is 51.5 Å². The highest BCUT2D eigenvalue weighted by Crippen LogP contribution is 2.28. The van der Waals surface area contributed by atoms with E-state index in [1.54, 1.807) is 6.21 Å². The lowest BCUT2D eigenvalue weighted by molar-refractivity contribution is 0.417. The third kappa shape index (κ3) is 4.43.